The Morgan fingerprint density at radius 3 is 2.19 bits per heavy atom. The van der Waals surface area contributed by atoms with Gasteiger partial charge in [-0.1, -0.05) is 64.6 Å². The summed E-state index contributed by atoms with van der Waals surface area (Å²) in [4.78, 5) is 8.12. The Morgan fingerprint density at radius 2 is 1.54 bits per heavy atom. The summed E-state index contributed by atoms with van der Waals surface area (Å²) < 4.78 is 1.69. The molecule has 0 bridgehead atoms. The molecule has 0 saturated carbocycles. The van der Waals surface area contributed by atoms with Crippen molar-refractivity contribution in [3.8, 4) is 22.6 Å². The fourth-order valence-corrected chi connectivity index (χ4v) is 2.97. The average Bonchev–Trinajstić information content (AvgIpc) is 3.06. The third-order valence-corrected chi connectivity index (χ3v) is 4.63. The Morgan fingerprint density at radius 1 is 0.885 bits per heavy atom. The van der Waals surface area contributed by atoms with Gasteiger partial charge in [0.15, 0.2) is 22.1 Å². The summed E-state index contributed by atoms with van der Waals surface area (Å²) in [6.45, 7) is 2.05. The number of rotatable bonds is 3. The van der Waals surface area contributed by atoms with Crippen molar-refractivity contribution < 1.29 is 0 Å². The molecule has 0 spiro atoms. The SMILES string of the molecule is Cc1ccc(-c2cc3nc(C(Cl)Cl)nc(-c4ccc(Cl)cc4)n3n2)cc1. The Kier molecular flexibility index (Phi) is 4.57. The number of hydrogen-bond acceptors (Lipinski definition) is 3. The maximum atomic E-state index is 6.02. The number of fused-ring (bicyclic) bond motifs is 1. The van der Waals surface area contributed by atoms with Crippen molar-refractivity contribution in [3.05, 3.63) is 71.0 Å². The molecular weight excluding hydrogens is 391 g/mol. The van der Waals surface area contributed by atoms with Gasteiger partial charge in [-0.05, 0) is 31.2 Å². The van der Waals surface area contributed by atoms with Crippen LogP contribution in [0.25, 0.3) is 28.3 Å². The van der Waals surface area contributed by atoms with Crippen molar-refractivity contribution in [1.82, 2.24) is 19.6 Å². The summed E-state index contributed by atoms with van der Waals surface area (Å²) in [5.74, 6) is 0.937. The smallest absolute Gasteiger partial charge is 0.167 e. The van der Waals surface area contributed by atoms with E-state index < -0.39 is 4.84 Å². The first-order chi connectivity index (χ1) is 12.5. The molecule has 4 nitrogen and oxygen atoms in total. The van der Waals surface area contributed by atoms with Crippen LogP contribution in [0.4, 0.5) is 0 Å². The number of hydrogen-bond donors (Lipinski definition) is 0. The highest BCUT2D eigenvalue weighted by molar-refractivity contribution is 6.43. The van der Waals surface area contributed by atoms with Crippen molar-refractivity contribution >= 4 is 40.4 Å². The third kappa shape index (κ3) is 3.28. The second-order valence-electron chi connectivity index (χ2n) is 5.88. The van der Waals surface area contributed by atoms with E-state index in [1.165, 1.54) is 5.56 Å². The highest BCUT2D eigenvalue weighted by Gasteiger charge is 2.17. The summed E-state index contributed by atoms with van der Waals surface area (Å²) in [5.41, 5.74) is 4.45. The van der Waals surface area contributed by atoms with Crippen molar-refractivity contribution in [2.75, 3.05) is 0 Å². The first kappa shape index (κ1) is 17.3. The van der Waals surface area contributed by atoms with E-state index in [0.29, 0.717) is 22.3 Å². The van der Waals surface area contributed by atoms with Crippen LogP contribution in [0.1, 0.15) is 16.2 Å². The summed E-state index contributed by atoms with van der Waals surface area (Å²) in [5, 5.41) is 5.33. The Bertz CT molecular complexity index is 1070. The Balaban J connectivity index is 1.94. The molecule has 4 rings (SSSR count). The molecule has 2 heterocycles. The van der Waals surface area contributed by atoms with E-state index in [-0.39, 0.29) is 0 Å². The quantitative estimate of drug-likeness (QED) is 0.400. The molecule has 130 valence electrons. The van der Waals surface area contributed by atoms with Gasteiger partial charge < -0.3 is 0 Å². The maximum absolute atomic E-state index is 6.02. The van der Waals surface area contributed by atoms with Crippen LogP contribution in [-0.4, -0.2) is 19.6 Å². The van der Waals surface area contributed by atoms with Gasteiger partial charge in [0.2, 0.25) is 0 Å². The van der Waals surface area contributed by atoms with Gasteiger partial charge in [-0.2, -0.15) is 9.61 Å². The van der Waals surface area contributed by atoms with Gasteiger partial charge in [-0.3, -0.25) is 0 Å². The zero-order chi connectivity index (χ0) is 18.3. The maximum Gasteiger partial charge on any atom is 0.167 e. The largest absolute Gasteiger partial charge is 0.211 e. The van der Waals surface area contributed by atoms with Crippen molar-refractivity contribution in [2.24, 2.45) is 0 Å². The van der Waals surface area contributed by atoms with Gasteiger partial charge in [0.05, 0.1) is 5.69 Å². The molecule has 0 atom stereocenters. The summed E-state index contributed by atoms with van der Waals surface area (Å²) >= 11 is 18.0. The molecule has 0 amide bonds. The lowest BCUT2D eigenvalue weighted by Crippen LogP contribution is -2.04. The van der Waals surface area contributed by atoms with Gasteiger partial charge in [0, 0.05) is 22.2 Å². The van der Waals surface area contributed by atoms with E-state index in [0.717, 1.165) is 16.8 Å². The first-order valence-electron chi connectivity index (χ1n) is 7.90. The van der Waals surface area contributed by atoms with Crippen LogP contribution >= 0.6 is 34.8 Å². The molecule has 2 aromatic carbocycles. The van der Waals surface area contributed by atoms with Gasteiger partial charge >= 0.3 is 0 Å². The number of halogens is 3. The van der Waals surface area contributed by atoms with Crippen LogP contribution in [-0.2, 0) is 0 Å². The van der Waals surface area contributed by atoms with E-state index >= 15 is 0 Å². The second kappa shape index (κ2) is 6.88. The average molecular weight is 404 g/mol. The standard InChI is InChI=1S/C19H13Cl3N4/c1-11-2-4-12(5-3-11)15-10-16-23-18(17(21)22)24-19(26(16)25-15)13-6-8-14(20)9-7-13/h2-10,17H,1H3. The molecule has 4 aromatic rings. The van der Waals surface area contributed by atoms with Crippen LogP contribution in [0.2, 0.25) is 5.02 Å². The number of aryl methyl sites for hydroxylation is 1. The molecule has 0 unspecified atom stereocenters. The van der Waals surface area contributed by atoms with E-state index in [2.05, 4.69) is 15.1 Å². The van der Waals surface area contributed by atoms with Crippen LogP contribution in [0.15, 0.2) is 54.6 Å². The molecule has 0 saturated heterocycles. The number of aromatic nitrogens is 4. The van der Waals surface area contributed by atoms with Gasteiger partial charge in [-0.25, -0.2) is 9.97 Å². The van der Waals surface area contributed by atoms with Crippen LogP contribution < -0.4 is 0 Å². The monoisotopic (exact) mass is 402 g/mol. The minimum atomic E-state index is -0.830. The fourth-order valence-electron chi connectivity index (χ4n) is 2.65. The third-order valence-electron chi connectivity index (χ3n) is 3.99. The molecule has 2 aromatic heterocycles. The van der Waals surface area contributed by atoms with Crippen molar-refractivity contribution in [1.29, 1.82) is 0 Å². The lowest BCUT2D eigenvalue weighted by atomic mass is 10.1. The highest BCUT2D eigenvalue weighted by Crippen LogP contribution is 2.28. The van der Waals surface area contributed by atoms with E-state index in [1.807, 2.05) is 49.4 Å². The number of alkyl halides is 2. The first-order valence-corrected chi connectivity index (χ1v) is 9.15. The summed E-state index contributed by atoms with van der Waals surface area (Å²) in [6.07, 6.45) is 0. The van der Waals surface area contributed by atoms with Crippen molar-refractivity contribution in [3.63, 3.8) is 0 Å². The predicted octanol–water partition coefficient (Wildman–Crippen LogP) is 5.90. The van der Waals surface area contributed by atoms with Gasteiger partial charge in [-0.15, -0.1) is 0 Å². The zero-order valence-corrected chi connectivity index (χ0v) is 16.0. The number of benzene rings is 2. The summed E-state index contributed by atoms with van der Waals surface area (Å²) in [7, 11) is 0. The van der Waals surface area contributed by atoms with Crippen LogP contribution in [0.3, 0.4) is 0 Å². The Hall–Kier alpha value is -2.14. The van der Waals surface area contributed by atoms with Gasteiger partial charge in [0.1, 0.15) is 0 Å². The molecule has 0 aliphatic heterocycles. The molecule has 7 heteroatoms. The molecule has 0 aliphatic carbocycles. The van der Waals surface area contributed by atoms with Crippen molar-refractivity contribution in [2.45, 2.75) is 11.8 Å². The zero-order valence-electron chi connectivity index (χ0n) is 13.7. The van der Waals surface area contributed by atoms with Gasteiger partial charge in [0.25, 0.3) is 0 Å². The normalized spacial score (nSPS) is 11.4. The predicted molar refractivity (Wildman–Crippen MR) is 106 cm³/mol. The fraction of sp³-hybridized carbons (Fsp3) is 0.105. The van der Waals surface area contributed by atoms with E-state index in [9.17, 15) is 0 Å². The minimum absolute atomic E-state index is 0.334. The van der Waals surface area contributed by atoms with Crippen LogP contribution in [0, 0.1) is 6.92 Å². The number of nitrogens with zero attached hydrogens (tertiary/aromatic N) is 4. The minimum Gasteiger partial charge on any atom is -0.211 e. The molecule has 0 radical (unpaired) electrons. The molecule has 0 fully saturated rings. The van der Waals surface area contributed by atoms with E-state index in [1.54, 1.807) is 16.6 Å². The molecular formula is C19H13Cl3N4. The lowest BCUT2D eigenvalue weighted by Gasteiger charge is -2.07. The Labute approximate surface area is 165 Å². The second-order valence-corrected chi connectivity index (χ2v) is 7.41. The topological polar surface area (TPSA) is 43.1 Å². The molecule has 26 heavy (non-hydrogen) atoms. The highest BCUT2D eigenvalue weighted by atomic mass is 35.5. The van der Waals surface area contributed by atoms with Crippen LogP contribution in [0.5, 0.6) is 0 Å². The van der Waals surface area contributed by atoms with E-state index in [4.69, 9.17) is 34.8 Å². The summed E-state index contributed by atoms with van der Waals surface area (Å²) in [6, 6.07) is 17.4. The molecule has 0 N–H and O–H groups in total. The lowest BCUT2D eigenvalue weighted by molar-refractivity contribution is 0.874. The molecule has 0 aliphatic rings.